The van der Waals surface area contributed by atoms with E-state index in [1.807, 2.05) is 12.3 Å². The van der Waals surface area contributed by atoms with Crippen LogP contribution in [0.5, 0.6) is 0 Å². The average Bonchev–Trinajstić information content (AvgIpc) is 2.67. The largest absolute Gasteiger partial charge is 0.394 e. The summed E-state index contributed by atoms with van der Waals surface area (Å²) in [7, 11) is 0. The van der Waals surface area contributed by atoms with Gasteiger partial charge in [0.15, 0.2) is 6.29 Å². The minimum atomic E-state index is -1.49. The van der Waals surface area contributed by atoms with Crippen molar-refractivity contribution in [2.45, 2.75) is 88.7 Å². The molecule has 0 spiro atoms. The van der Waals surface area contributed by atoms with Gasteiger partial charge in [0.25, 0.3) is 0 Å². The van der Waals surface area contributed by atoms with Crippen LogP contribution in [-0.4, -0.2) is 82.1 Å². The quantitative estimate of drug-likeness (QED) is 0.228. The van der Waals surface area contributed by atoms with Crippen molar-refractivity contribution in [2.75, 3.05) is 19.8 Å². The fourth-order valence-electron chi connectivity index (χ4n) is 2.88. The van der Waals surface area contributed by atoms with Gasteiger partial charge in [0.05, 0.1) is 19.3 Å². The van der Waals surface area contributed by atoms with Gasteiger partial charge in [-0.05, 0) is 19.0 Å². The third-order valence-corrected chi connectivity index (χ3v) is 4.61. The van der Waals surface area contributed by atoms with Crippen LogP contribution in [0, 0.1) is 0 Å². The number of allylic oxidation sites excluding steroid dienone is 1. The summed E-state index contributed by atoms with van der Waals surface area (Å²) >= 11 is 0. The lowest BCUT2D eigenvalue weighted by atomic mass is 9.99. The van der Waals surface area contributed by atoms with Gasteiger partial charge in [0.1, 0.15) is 24.4 Å². The van der Waals surface area contributed by atoms with Crippen molar-refractivity contribution in [2.24, 2.45) is 0 Å². The van der Waals surface area contributed by atoms with E-state index in [4.69, 9.17) is 14.6 Å². The van der Waals surface area contributed by atoms with E-state index in [0.717, 1.165) is 12.8 Å². The third kappa shape index (κ3) is 9.34. The fourth-order valence-corrected chi connectivity index (χ4v) is 2.88. The number of nitrogens with one attached hydrogen (secondary N) is 1. The predicted octanol–water partition coefficient (Wildman–Crippen LogP) is 0.0177. The van der Waals surface area contributed by atoms with E-state index in [1.165, 1.54) is 32.1 Å². The molecule has 0 bridgehead atoms. The first-order chi connectivity index (χ1) is 13.0. The Labute approximate surface area is 161 Å². The molecular formula is C19H37NO7. The first-order valence-electron chi connectivity index (χ1n) is 9.99. The Hall–Kier alpha value is -0.740. The second-order valence-corrected chi connectivity index (χ2v) is 7.05. The topological polar surface area (TPSA) is 132 Å². The van der Waals surface area contributed by atoms with Crippen LogP contribution in [0.3, 0.4) is 0 Å². The molecule has 0 aromatic rings. The molecule has 1 fully saturated rings. The molecule has 1 aliphatic rings. The fraction of sp³-hybridized carbons (Fsp3) is 0.895. The first-order valence-corrected chi connectivity index (χ1v) is 9.99. The van der Waals surface area contributed by atoms with Gasteiger partial charge < -0.3 is 40.3 Å². The summed E-state index contributed by atoms with van der Waals surface area (Å²) in [5.41, 5.74) is 0. The number of hydrogen-bond acceptors (Lipinski definition) is 8. The van der Waals surface area contributed by atoms with E-state index in [0.29, 0.717) is 0 Å². The minimum Gasteiger partial charge on any atom is -0.394 e. The lowest BCUT2D eigenvalue weighted by molar-refractivity contribution is -0.304. The summed E-state index contributed by atoms with van der Waals surface area (Å²) in [6.45, 7) is 1.83. The summed E-state index contributed by atoms with van der Waals surface area (Å²) in [5, 5.41) is 51.2. The number of aliphatic hydroxyl groups excluding tert-OH is 5. The van der Waals surface area contributed by atoms with Crippen molar-refractivity contribution in [1.29, 1.82) is 0 Å². The second kappa shape index (κ2) is 14.3. The van der Waals surface area contributed by atoms with E-state index in [-0.39, 0.29) is 13.2 Å². The zero-order valence-corrected chi connectivity index (χ0v) is 16.2. The molecule has 0 aromatic carbocycles. The van der Waals surface area contributed by atoms with Gasteiger partial charge in [0.2, 0.25) is 0 Å². The zero-order valence-electron chi connectivity index (χ0n) is 16.2. The number of hydrogen-bond donors (Lipinski definition) is 6. The van der Waals surface area contributed by atoms with Crippen LogP contribution in [-0.2, 0) is 9.47 Å². The molecule has 1 saturated heterocycles. The maximum absolute atomic E-state index is 9.91. The van der Waals surface area contributed by atoms with Crippen molar-refractivity contribution < 1.29 is 35.0 Å². The highest BCUT2D eigenvalue weighted by Gasteiger charge is 2.44. The molecule has 0 amide bonds. The first kappa shape index (κ1) is 24.3. The summed E-state index contributed by atoms with van der Waals surface area (Å²) in [4.78, 5) is 0. The normalized spacial score (nSPS) is 29.9. The second-order valence-electron chi connectivity index (χ2n) is 7.05. The smallest absolute Gasteiger partial charge is 0.186 e. The summed E-state index contributed by atoms with van der Waals surface area (Å²) in [5.74, 6) is 0. The van der Waals surface area contributed by atoms with Crippen LogP contribution in [0.4, 0.5) is 0 Å². The van der Waals surface area contributed by atoms with E-state index in [1.54, 1.807) is 0 Å². The highest BCUT2D eigenvalue weighted by atomic mass is 16.7. The summed E-state index contributed by atoms with van der Waals surface area (Å²) < 4.78 is 10.5. The predicted molar refractivity (Wildman–Crippen MR) is 101 cm³/mol. The number of aliphatic hydroxyl groups is 5. The Kier molecular flexibility index (Phi) is 12.9. The van der Waals surface area contributed by atoms with Crippen LogP contribution in [0.2, 0.25) is 0 Å². The molecule has 0 aliphatic carbocycles. The van der Waals surface area contributed by atoms with Crippen LogP contribution in [0.1, 0.15) is 51.9 Å². The maximum atomic E-state index is 9.91. The van der Waals surface area contributed by atoms with Gasteiger partial charge in [0, 0.05) is 6.54 Å². The van der Waals surface area contributed by atoms with Gasteiger partial charge in [-0.25, -0.2) is 0 Å². The van der Waals surface area contributed by atoms with Crippen molar-refractivity contribution in [1.82, 2.24) is 5.32 Å². The maximum Gasteiger partial charge on any atom is 0.186 e. The highest BCUT2D eigenvalue weighted by Crippen LogP contribution is 2.21. The molecule has 1 heterocycles. The third-order valence-electron chi connectivity index (χ3n) is 4.61. The lowest BCUT2D eigenvalue weighted by Gasteiger charge is -2.39. The Morgan fingerprint density at radius 1 is 1.04 bits per heavy atom. The van der Waals surface area contributed by atoms with Gasteiger partial charge >= 0.3 is 0 Å². The molecule has 0 radical (unpaired) electrons. The van der Waals surface area contributed by atoms with Crippen LogP contribution >= 0.6 is 0 Å². The van der Waals surface area contributed by atoms with E-state index >= 15 is 0 Å². The standard InChI is InChI=1S/C19H37NO7/c1-2-3-4-5-6-7-8-9-10-20-11-14(22)13-26-19-18(25)17(24)16(23)15(12-21)27-19/h9-10,14-25H,2-8,11-13H2,1H3/t14?,15-,16+,17+,18-,19+/m1/s1. The zero-order chi connectivity index (χ0) is 20.1. The lowest BCUT2D eigenvalue weighted by Crippen LogP contribution is -2.59. The Morgan fingerprint density at radius 2 is 1.74 bits per heavy atom. The SMILES string of the molecule is CCCCCCCCC=CNCC(O)CO[C@H]1O[C@H](CO)[C@H](O)[C@H](O)[C@H]1O. The molecule has 1 unspecified atom stereocenters. The van der Waals surface area contributed by atoms with E-state index in [2.05, 4.69) is 12.2 Å². The van der Waals surface area contributed by atoms with Crippen LogP contribution in [0.15, 0.2) is 12.3 Å². The average molecular weight is 392 g/mol. The van der Waals surface area contributed by atoms with E-state index < -0.39 is 43.4 Å². The molecule has 27 heavy (non-hydrogen) atoms. The molecule has 8 nitrogen and oxygen atoms in total. The van der Waals surface area contributed by atoms with Crippen LogP contribution < -0.4 is 5.32 Å². The van der Waals surface area contributed by atoms with Crippen molar-refractivity contribution >= 4 is 0 Å². The van der Waals surface area contributed by atoms with Gasteiger partial charge in [-0.3, -0.25) is 0 Å². The van der Waals surface area contributed by atoms with Gasteiger partial charge in [-0.2, -0.15) is 0 Å². The molecule has 1 rings (SSSR count). The van der Waals surface area contributed by atoms with E-state index in [9.17, 15) is 20.4 Å². The molecular weight excluding hydrogens is 354 g/mol. The Bertz CT molecular complexity index is 394. The molecule has 0 aromatic heterocycles. The molecule has 160 valence electrons. The molecule has 0 saturated carbocycles. The molecule has 1 aliphatic heterocycles. The minimum absolute atomic E-state index is 0.124. The Balaban J connectivity index is 2.12. The van der Waals surface area contributed by atoms with Crippen LogP contribution in [0.25, 0.3) is 0 Å². The molecule has 8 heteroatoms. The van der Waals surface area contributed by atoms with Crippen molar-refractivity contribution in [3.63, 3.8) is 0 Å². The van der Waals surface area contributed by atoms with Crippen molar-refractivity contribution in [3.8, 4) is 0 Å². The Morgan fingerprint density at radius 3 is 2.44 bits per heavy atom. The summed E-state index contributed by atoms with van der Waals surface area (Å²) in [6, 6.07) is 0. The molecule has 6 atom stereocenters. The molecule has 6 N–H and O–H groups in total. The van der Waals surface area contributed by atoms with Crippen molar-refractivity contribution in [3.05, 3.63) is 12.3 Å². The number of unbranched alkanes of at least 4 members (excludes halogenated alkanes) is 6. The number of rotatable bonds is 14. The highest BCUT2D eigenvalue weighted by molar-refractivity contribution is 4.89. The monoisotopic (exact) mass is 391 g/mol. The number of ether oxygens (including phenoxy) is 2. The van der Waals surface area contributed by atoms with Gasteiger partial charge in [-0.1, -0.05) is 45.1 Å². The van der Waals surface area contributed by atoms with Gasteiger partial charge in [-0.15, -0.1) is 0 Å². The summed E-state index contributed by atoms with van der Waals surface area (Å²) in [6.07, 6.45) is 4.93.